The second kappa shape index (κ2) is 8.02. The van der Waals surface area contributed by atoms with Gasteiger partial charge < -0.3 is 10.1 Å². The smallest absolute Gasteiger partial charge is 0.274 e. The van der Waals surface area contributed by atoms with Gasteiger partial charge in [0.25, 0.3) is 5.91 Å². The molecule has 0 aliphatic carbocycles. The fourth-order valence-corrected chi connectivity index (χ4v) is 3.07. The summed E-state index contributed by atoms with van der Waals surface area (Å²) in [5.41, 5.74) is 4.24. The topological polar surface area (TPSA) is 84.8 Å². The second-order valence-corrected chi connectivity index (χ2v) is 6.74. The number of ether oxygens (including phenoxy) is 1. The first-order chi connectivity index (χ1) is 14.1. The average Bonchev–Trinajstić information content (AvgIpc) is 3.38. The Bertz CT molecular complexity index is 1150. The van der Waals surface area contributed by atoms with Gasteiger partial charge in [0, 0.05) is 17.8 Å². The predicted octanol–water partition coefficient (Wildman–Crippen LogP) is 3.89. The van der Waals surface area contributed by atoms with Gasteiger partial charge >= 0.3 is 0 Å². The molecule has 0 bridgehead atoms. The SMILES string of the molecule is COc1cccc(-c2cc(C(=O)Nc3ccn(Cc4cccc(C)c4)n3)[nH]n2)c1. The first-order valence-electron chi connectivity index (χ1n) is 9.21. The van der Waals surface area contributed by atoms with Crippen molar-refractivity contribution in [2.24, 2.45) is 0 Å². The third-order valence-electron chi connectivity index (χ3n) is 4.50. The summed E-state index contributed by atoms with van der Waals surface area (Å²) < 4.78 is 7.02. The van der Waals surface area contributed by atoms with Crippen molar-refractivity contribution in [1.29, 1.82) is 0 Å². The van der Waals surface area contributed by atoms with Crippen LogP contribution < -0.4 is 10.1 Å². The lowest BCUT2D eigenvalue weighted by Crippen LogP contribution is -2.13. The summed E-state index contributed by atoms with van der Waals surface area (Å²) in [5.74, 6) is 0.920. The zero-order valence-corrected chi connectivity index (χ0v) is 16.2. The van der Waals surface area contributed by atoms with Crippen LogP contribution in [0.3, 0.4) is 0 Å². The summed E-state index contributed by atoms with van der Waals surface area (Å²) in [4.78, 5) is 12.5. The molecule has 7 nitrogen and oxygen atoms in total. The number of amides is 1. The molecule has 0 unspecified atom stereocenters. The molecule has 0 saturated heterocycles. The van der Waals surface area contributed by atoms with Crippen molar-refractivity contribution in [2.45, 2.75) is 13.5 Å². The standard InChI is InChI=1S/C22H21N5O2/c1-15-5-3-6-16(11-15)14-27-10-9-21(26-27)23-22(28)20-13-19(24-25-20)17-7-4-8-18(12-17)29-2/h3-13H,14H2,1-2H3,(H,24,25)(H,23,26,28). The molecule has 0 aliphatic heterocycles. The molecule has 4 aromatic rings. The Morgan fingerprint density at radius 3 is 2.83 bits per heavy atom. The van der Waals surface area contributed by atoms with Crippen molar-refractivity contribution < 1.29 is 9.53 Å². The molecule has 1 amide bonds. The van der Waals surface area contributed by atoms with E-state index < -0.39 is 0 Å². The Morgan fingerprint density at radius 2 is 2.00 bits per heavy atom. The van der Waals surface area contributed by atoms with Crippen LogP contribution in [0.2, 0.25) is 0 Å². The van der Waals surface area contributed by atoms with Gasteiger partial charge in [-0.15, -0.1) is 0 Å². The fraction of sp³-hybridized carbons (Fsp3) is 0.136. The molecule has 2 N–H and O–H groups in total. The molecule has 2 aromatic carbocycles. The van der Waals surface area contributed by atoms with E-state index in [4.69, 9.17) is 4.74 Å². The molecule has 2 aromatic heterocycles. The Morgan fingerprint density at radius 1 is 1.14 bits per heavy atom. The maximum atomic E-state index is 12.5. The first kappa shape index (κ1) is 18.5. The van der Waals surface area contributed by atoms with Crippen LogP contribution in [0.15, 0.2) is 66.9 Å². The summed E-state index contributed by atoms with van der Waals surface area (Å²) in [6.45, 7) is 2.70. The predicted molar refractivity (Wildman–Crippen MR) is 111 cm³/mol. The quantitative estimate of drug-likeness (QED) is 0.526. The molecule has 0 atom stereocenters. The highest BCUT2D eigenvalue weighted by atomic mass is 16.5. The number of H-pyrrole nitrogens is 1. The largest absolute Gasteiger partial charge is 0.497 e. The molecule has 0 saturated carbocycles. The van der Waals surface area contributed by atoms with Crippen molar-refractivity contribution in [3.8, 4) is 17.0 Å². The van der Waals surface area contributed by atoms with Crippen molar-refractivity contribution in [2.75, 3.05) is 12.4 Å². The van der Waals surface area contributed by atoms with Crippen LogP contribution in [-0.2, 0) is 6.54 Å². The number of aryl methyl sites for hydroxylation is 1. The van der Waals surface area contributed by atoms with Gasteiger partial charge in [-0.2, -0.15) is 10.2 Å². The van der Waals surface area contributed by atoms with Crippen molar-refractivity contribution in [1.82, 2.24) is 20.0 Å². The molecule has 7 heteroatoms. The zero-order chi connectivity index (χ0) is 20.2. The lowest BCUT2D eigenvalue weighted by molar-refractivity contribution is 0.102. The van der Waals surface area contributed by atoms with E-state index in [1.807, 2.05) is 36.5 Å². The summed E-state index contributed by atoms with van der Waals surface area (Å²) in [6, 6.07) is 19.2. The number of methoxy groups -OCH3 is 1. The van der Waals surface area contributed by atoms with Crippen LogP contribution in [0.25, 0.3) is 11.3 Å². The highest BCUT2D eigenvalue weighted by Gasteiger charge is 2.13. The third-order valence-corrected chi connectivity index (χ3v) is 4.50. The van der Waals surface area contributed by atoms with Crippen LogP contribution in [-0.4, -0.2) is 33.0 Å². The van der Waals surface area contributed by atoms with Gasteiger partial charge in [0.2, 0.25) is 0 Å². The fourth-order valence-electron chi connectivity index (χ4n) is 3.07. The Kier molecular flexibility index (Phi) is 5.11. The van der Waals surface area contributed by atoms with E-state index in [0.717, 1.165) is 16.9 Å². The minimum Gasteiger partial charge on any atom is -0.497 e. The lowest BCUT2D eigenvalue weighted by atomic mass is 10.1. The molecule has 0 aliphatic rings. The highest BCUT2D eigenvalue weighted by molar-refractivity contribution is 6.02. The number of hydrogen-bond donors (Lipinski definition) is 2. The number of rotatable bonds is 6. The van der Waals surface area contributed by atoms with Crippen molar-refractivity contribution in [3.63, 3.8) is 0 Å². The molecular weight excluding hydrogens is 366 g/mol. The number of anilines is 1. The van der Waals surface area contributed by atoms with Crippen LogP contribution >= 0.6 is 0 Å². The van der Waals surface area contributed by atoms with E-state index in [9.17, 15) is 4.79 Å². The van der Waals surface area contributed by atoms with Crippen molar-refractivity contribution in [3.05, 3.63) is 83.7 Å². The van der Waals surface area contributed by atoms with Gasteiger partial charge in [0.15, 0.2) is 5.82 Å². The normalized spacial score (nSPS) is 10.7. The Labute approximate surface area is 168 Å². The van der Waals surface area contributed by atoms with E-state index in [1.165, 1.54) is 5.56 Å². The minimum atomic E-state index is -0.299. The van der Waals surface area contributed by atoms with E-state index in [2.05, 4.69) is 45.7 Å². The summed E-state index contributed by atoms with van der Waals surface area (Å²) >= 11 is 0. The van der Waals surface area contributed by atoms with Gasteiger partial charge in [0.1, 0.15) is 11.4 Å². The highest BCUT2D eigenvalue weighted by Crippen LogP contribution is 2.22. The number of nitrogens with one attached hydrogen (secondary N) is 2. The molecule has 146 valence electrons. The maximum Gasteiger partial charge on any atom is 0.274 e. The van der Waals surface area contributed by atoms with Gasteiger partial charge in [0.05, 0.1) is 19.3 Å². The maximum absolute atomic E-state index is 12.5. The first-order valence-corrected chi connectivity index (χ1v) is 9.21. The van der Waals surface area contributed by atoms with Crippen LogP contribution in [0, 0.1) is 6.92 Å². The van der Waals surface area contributed by atoms with E-state index in [1.54, 1.807) is 23.9 Å². The molecule has 4 rings (SSSR count). The number of aromatic amines is 1. The Balaban J connectivity index is 1.43. The number of carbonyl (C=O) groups is 1. The summed E-state index contributed by atoms with van der Waals surface area (Å²) in [6.07, 6.45) is 1.84. The van der Waals surface area contributed by atoms with Crippen molar-refractivity contribution >= 4 is 11.7 Å². The number of hydrogen-bond acceptors (Lipinski definition) is 4. The van der Waals surface area contributed by atoms with Gasteiger partial charge in [-0.25, -0.2) is 0 Å². The van der Waals surface area contributed by atoms with Gasteiger partial charge in [-0.05, 0) is 30.7 Å². The number of benzene rings is 2. The van der Waals surface area contributed by atoms with E-state index in [-0.39, 0.29) is 5.91 Å². The molecule has 0 spiro atoms. The number of aromatic nitrogens is 4. The monoisotopic (exact) mass is 387 g/mol. The van der Waals surface area contributed by atoms with Gasteiger partial charge in [-0.1, -0.05) is 42.0 Å². The van der Waals surface area contributed by atoms with Crippen LogP contribution in [0.1, 0.15) is 21.6 Å². The average molecular weight is 387 g/mol. The summed E-state index contributed by atoms with van der Waals surface area (Å²) in [5, 5.41) is 14.2. The molecule has 2 heterocycles. The third kappa shape index (κ3) is 4.35. The zero-order valence-electron chi connectivity index (χ0n) is 16.2. The molecule has 0 radical (unpaired) electrons. The molecular formula is C22H21N5O2. The summed E-state index contributed by atoms with van der Waals surface area (Å²) in [7, 11) is 1.61. The molecule has 29 heavy (non-hydrogen) atoms. The van der Waals surface area contributed by atoms with Crippen LogP contribution in [0.4, 0.5) is 5.82 Å². The minimum absolute atomic E-state index is 0.299. The molecule has 0 fully saturated rings. The number of nitrogens with zero attached hydrogens (tertiary/aromatic N) is 3. The second-order valence-electron chi connectivity index (χ2n) is 6.74. The van der Waals surface area contributed by atoms with E-state index in [0.29, 0.717) is 23.8 Å². The van der Waals surface area contributed by atoms with Gasteiger partial charge in [-0.3, -0.25) is 14.6 Å². The number of carbonyl (C=O) groups excluding carboxylic acids is 1. The van der Waals surface area contributed by atoms with Crippen LogP contribution in [0.5, 0.6) is 5.75 Å². The lowest BCUT2D eigenvalue weighted by Gasteiger charge is -2.03. The van der Waals surface area contributed by atoms with E-state index >= 15 is 0 Å². The Hall–Kier alpha value is -3.87.